The molecule has 1 saturated heterocycles. The molecule has 1 aliphatic rings. The average molecular weight is 422 g/mol. The molecule has 1 aliphatic heterocycles. The van der Waals surface area contributed by atoms with Crippen LogP contribution in [-0.4, -0.2) is 56.9 Å². The minimum absolute atomic E-state index is 0.0456. The van der Waals surface area contributed by atoms with Crippen LogP contribution < -0.4 is 11.3 Å². The highest BCUT2D eigenvalue weighted by Crippen LogP contribution is 2.24. The first-order valence-electron chi connectivity index (χ1n) is 10.2. The molecule has 1 amide bonds. The summed E-state index contributed by atoms with van der Waals surface area (Å²) in [6.07, 6.45) is 8.55. The fourth-order valence-electron chi connectivity index (χ4n) is 3.75. The van der Waals surface area contributed by atoms with Gasteiger partial charge in [-0.1, -0.05) is 30.3 Å². The quantitative estimate of drug-likeness (QED) is 0.531. The Kier molecular flexibility index (Phi) is 6.88. The molecule has 8 heteroatoms. The van der Waals surface area contributed by atoms with Crippen LogP contribution in [0.3, 0.4) is 0 Å². The number of nitrogens with two attached hydrogens (primary N) is 1. The van der Waals surface area contributed by atoms with Gasteiger partial charge in [0.15, 0.2) is 0 Å². The number of benzene rings is 1. The Morgan fingerprint density at radius 1 is 1.32 bits per heavy atom. The summed E-state index contributed by atoms with van der Waals surface area (Å²) in [5, 5.41) is 11.0. The lowest BCUT2D eigenvalue weighted by molar-refractivity contribution is -0.135. The van der Waals surface area contributed by atoms with Crippen LogP contribution >= 0.6 is 0 Å². The van der Waals surface area contributed by atoms with Crippen molar-refractivity contribution in [2.75, 3.05) is 25.9 Å². The predicted molar refractivity (Wildman–Crippen MR) is 120 cm³/mol. The number of aliphatic imine (C=N–C) groups is 1. The number of amides is 1. The van der Waals surface area contributed by atoms with E-state index in [0.29, 0.717) is 38.8 Å². The molecule has 1 aromatic carbocycles. The number of rotatable bonds is 6. The number of carbonyl (C=O) groups excluding carboxylic acids is 1. The molecule has 0 aliphatic carbocycles. The molecule has 0 radical (unpaired) electrons. The second kappa shape index (κ2) is 9.58. The number of hydrogen-bond donors (Lipinski definition) is 2. The largest absolute Gasteiger partial charge is 0.392 e. The Hall–Kier alpha value is -3.44. The van der Waals surface area contributed by atoms with Crippen molar-refractivity contribution in [2.24, 2.45) is 4.99 Å². The van der Waals surface area contributed by atoms with Gasteiger partial charge in [-0.05, 0) is 30.7 Å². The summed E-state index contributed by atoms with van der Waals surface area (Å²) in [6.45, 7) is 0.914. The van der Waals surface area contributed by atoms with E-state index >= 15 is 0 Å². The molecule has 3 N–H and O–H groups in total. The summed E-state index contributed by atoms with van der Waals surface area (Å²) in [5.41, 5.74) is 5.71. The molecular weight excluding hydrogens is 394 g/mol. The topological polar surface area (TPSA) is 114 Å². The van der Waals surface area contributed by atoms with Crippen LogP contribution in [0.25, 0.3) is 0 Å². The zero-order chi connectivity index (χ0) is 22.4. The number of anilines is 1. The smallest absolute Gasteiger partial charge is 0.277 e. The Bertz CT molecular complexity index is 1060. The maximum absolute atomic E-state index is 12.6. The van der Waals surface area contributed by atoms with Gasteiger partial charge in [0.1, 0.15) is 17.1 Å². The van der Waals surface area contributed by atoms with Crippen molar-refractivity contribution in [2.45, 2.75) is 37.8 Å². The number of piperidine rings is 1. The maximum Gasteiger partial charge on any atom is 0.277 e. The van der Waals surface area contributed by atoms with Gasteiger partial charge in [-0.15, -0.1) is 6.42 Å². The van der Waals surface area contributed by atoms with Crippen molar-refractivity contribution in [3.63, 3.8) is 0 Å². The number of likely N-dealkylation sites (tertiary alicyclic amines) is 1. The van der Waals surface area contributed by atoms with Crippen LogP contribution in [-0.2, 0) is 17.8 Å². The average Bonchev–Trinajstić information content (AvgIpc) is 2.78. The van der Waals surface area contributed by atoms with Crippen molar-refractivity contribution in [3.8, 4) is 12.3 Å². The highest BCUT2D eigenvalue weighted by atomic mass is 16.3. The molecular formula is C23H27N5O3. The van der Waals surface area contributed by atoms with Crippen LogP contribution in [0.5, 0.6) is 0 Å². The third-order valence-electron chi connectivity index (χ3n) is 5.64. The standard InChI is InChI=1S/C23H27N5O3/c1-3-18(25-2)21-20(24)22(30)28(16-26-21)15-23(31)11-13-27(14-12-23)19(29)10-9-17-7-5-4-6-8-17/h1,4-8,16,31H,9-15,24H2,2H3. The van der Waals surface area contributed by atoms with E-state index in [1.807, 2.05) is 30.3 Å². The first-order valence-corrected chi connectivity index (χ1v) is 10.2. The number of aromatic nitrogens is 2. The molecule has 0 unspecified atom stereocenters. The minimum Gasteiger partial charge on any atom is -0.392 e. The van der Waals surface area contributed by atoms with Gasteiger partial charge >= 0.3 is 0 Å². The number of nitrogens with zero attached hydrogens (tertiary/aromatic N) is 4. The molecule has 0 spiro atoms. The van der Waals surface area contributed by atoms with E-state index in [0.717, 1.165) is 5.56 Å². The molecule has 162 valence electrons. The lowest BCUT2D eigenvalue weighted by atomic mass is 9.91. The minimum atomic E-state index is -1.12. The van der Waals surface area contributed by atoms with Crippen LogP contribution in [0, 0.1) is 12.3 Å². The van der Waals surface area contributed by atoms with E-state index in [2.05, 4.69) is 15.9 Å². The lowest BCUT2D eigenvalue weighted by Gasteiger charge is -2.38. The van der Waals surface area contributed by atoms with Gasteiger partial charge in [0.05, 0.1) is 18.5 Å². The SMILES string of the molecule is C#CC(=NC)c1ncn(CC2(O)CCN(C(=O)CCc3ccccc3)CC2)c(=O)c1N. The van der Waals surface area contributed by atoms with Gasteiger partial charge in [-0.3, -0.25) is 19.1 Å². The molecule has 0 atom stereocenters. The molecule has 2 heterocycles. The number of hydrogen-bond acceptors (Lipinski definition) is 6. The van der Waals surface area contributed by atoms with Gasteiger partial charge < -0.3 is 15.7 Å². The summed E-state index contributed by atoms with van der Waals surface area (Å²) in [7, 11) is 1.50. The van der Waals surface area contributed by atoms with E-state index in [9.17, 15) is 14.7 Å². The first kappa shape index (κ1) is 22.2. The fourth-order valence-corrected chi connectivity index (χ4v) is 3.75. The van der Waals surface area contributed by atoms with E-state index in [1.54, 1.807) is 4.90 Å². The number of carbonyl (C=O) groups is 1. The van der Waals surface area contributed by atoms with E-state index < -0.39 is 11.2 Å². The summed E-state index contributed by atoms with van der Waals surface area (Å²) >= 11 is 0. The van der Waals surface area contributed by atoms with Crippen LogP contribution in [0.15, 0.2) is 46.4 Å². The summed E-state index contributed by atoms with van der Waals surface area (Å²) < 4.78 is 1.29. The van der Waals surface area contributed by atoms with Gasteiger partial charge in [0.25, 0.3) is 5.56 Å². The van der Waals surface area contributed by atoms with Gasteiger partial charge in [-0.25, -0.2) is 4.98 Å². The lowest BCUT2D eigenvalue weighted by Crippen LogP contribution is -2.49. The fraction of sp³-hybridized carbons (Fsp3) is 0.391. The molecule has 2 aromatic rings. The van der Waals surface area contributed by atoms with E-state index in [-0.39, 0.29) is 29.5 Å². The normalized spacial score (nSPS) is 16.0. The Morgan fingerprint density at radius 2 is 2.00 bits per heavy atom. The molecule has 0 bridgehead atoms. The van der Waals surface area contributed by atoms with Crippen LogP contribution in [0.4, 0.5) is 5.69 Å². The monoisotopic (exact) mass is 421 g/mol. The highest BCUT2D eigenvalue weighted by Gasteiger charge is 2.34. The maximum atomic E-state index is 12.6. The Labute approximate surface area is 181 Å². The van der Waals surface area contributed by atoms with Gasteiger partial charge in [-0.2, -0.15) is 0 Å². The van der Waals surface area contributed by atoms with Crippen LogP contribution in [0.1, 0.15) is 30.5 Å². The zero-order valence-corrected chi connectivity index (χ0v) is 17.6. The Morgan fingerprint density at radius 3 is 2.61 bits per heavy atom. The van der Waals surface area contributed by atoms with Gasteiger partial charge in [0, 0.05) is 26.6 Å². The predicted octanol–water partition coefficient (Wildman–Crippen LogP) is 0.864. The third-order valence-corrected chi connectivity index (χ3v) is 5.64. The van der Waals surface area contributed by atoms with E-state index in [4.69, 9.17) is 12.2 Å². The highest BCUT2D eigenvalue weighted by molar-refractivity contribution is 6.13. The first-order chi connectivity index (χ1) is 14.9. The Balaban J connectivity index is 1.61. The van der Waals surface area contributed by atoms with Crippen molar-refractivity contribution in [3.05, 3.63) is 58.3 Å². The number of nitrogen functional groups attached to an aromatic ring is 1. The summed E-state index contributed by atoms with van der Waals surface area (Å²) in [6, 6.07) is 9.87. The second-order valence-electron chi connectivity index (χ2n) is 7.75. The summed E-state index contributed by atoms with van der Waals surface area (Å²) in [4.78, 5) is 35.0. The molecule has 1 aromatic heterocycles. The molecule has 0 saturated carbocycles. The molecule has 3 rings (SSSR count). The number of aliphatic hydroxyl groups is 1. The number of terminal acetylenes is 1. The summed E-state index contributed by atoms with van der Waals surface area (Å²) in [5.74, 6) is 2.42. The third kappa shape index (κ3) is 5.19. The van der Waals surface area contributed by atoms with Crippen molar-refractivity contribution in [1.82, 2.24) is 14.5 Å². The van der Waals surface area contributed by atoms with Crippen molar-refractivity contribution >= 4 is 17.3 Å². The number of aryl methyl sites for hydroxylation is 1. The van der Waals surface area contributed by atoms with E-state index in [1.165, 1.54) is 17.9 Å². The zero-order valence-electron chi connectivity index (χ0n) is 17.6. The van der Waals surface area contributed by atoms with Gasteiger partial charge in [0.2, 0.25) is 5.91 Å². The second-order valence-corrected chi connectivity index (χ2v) is 7.75. The van der Waals surface area contributed by atoms with Crippen LogP contribution in [0.2, 0.25) is 0 Å². The molecule has 31 heavy (non-hydrogen) atoms. The molecule has 1 fully saturated rings. The molecule has 8 nitrogen and oxygen atoms in total. The van der Waals surface area contributed by atoms with Crippen molar-refractivity contribution in [1.29, 1.82) is 0 Å². The van der Waals surface area contributed by atoms with Crippen molar-refractivity contribution < 1.29 is 9.90 Å².